The molecule has 0 spiro atoms. The van der Waals surface area contributed by atoms with E-state index in [0.717, 1.165) is 29.0 Å². The SMILES string of the molecule is N#Cc1c(C(F)(F)F)cc(-c2ccc(OCc3ccc(Cl)cc3)cc2)nc1SCc1ccccc1. The first kappa shape index (κ1) is 24.6. The third kappa shape index (κ3) is 6.36. The van der Waals surface area contributed by atoms with E-state index >= 15 is 0 Å². The van der Waals surface area contributed by atoms with Gasteiger partial charge in [-0.15, -0.1) is 11.8 Å². The van der Waals surface area contributed by atoms with Crippen LogP contribution in [0.2, 0.25) is 5.02 Å². The second-order valence-electron chi connectivity index (χ2n) is 7.56. The van der Waals surface area contributed by atoms with Crippen molar-refractivity contribution in [1.29, 1.82) is 5.26 Å². The highest BCUT2D eigenvalue weighted by Crippen LogP contribution is 2.38. The van der Waals surface area contributed by atoms with Gasteiger partial charge in [0.2, 0.25) is 0 Å². The number of rotatable bonds is 7. The van der Waals surface area contributed by atoms with Gasteiger partial charge in [0.05, 0.1) is 16.8 Å². The van der Waals surface area contributed by atoms with E-state index in [1.54, 1.807) is 42.5 Å². The van der Waals surface area contributed by atoms with Crippen LogP contribution >= 0.6 is 23.4 Å². The molecule has 3 aromatic carbocycles. The van der Waals surface area contributed by atoms with Gasteiger partial charge in [-0.3, -0.25) is 0 Å². The van der Waals surface area contributed by atoms with Gasteiger partial charge in [-0.05, 0) is 53.6 Å². The van der Waals surface area contributed by atoms with E-state index in [-0.39, 0.29) is 10.7 Å². The van der Waals surface area contributed by atoms with E-state index in [1.807, 2.05) is 42.5 Å². The van der Waals surface area contributed by atoms with Gasteiger partial charge >= 0.3 is 6.18 Å². The third-order valence-corrected chi connectivity index (χ3v) is 6.39. The predicted molar refractivity (Wildman–Crippen MR) is 131 cm³/mol. The lowest BCUT2D eigenvalue weighted by Gasteiger charge is -2.14. The smallest absolute Gasteiger partial charge is 0.417 e. The first-order chi connectivity index (χ1) is 16.8. The zero-order valence-corrected chi connectivity index (χ0v) is 19.8. The molecule has 8 heteroatoms. The largest absolute Gasteiger partial charge is 0.489 e. The normalized spacial score (nSPS) is 11.2. The number of thioether (sulfide) groups is 1. The molecule has 0 aliphatic rings. The number of halogens is 4. The molecule has 3 nitrogen and oxygen atoms in total. The first-order valence-corrected chi connectivity index (χ1v) is 11.9. The summed E-state index contributed by atoms with van der Waals surface area (Å²) in [5.41, 5.74) is 1.01. The molecular formula is C27H18ClF3N2OS. The Balaban J connectivity index is 1.60. The Morgan fingerprint density at radius 1 is 0.914 bits per heavy atom. The van der Waals surface area contributed by atoms with Crippen molar-refractivity contribution >= 4 is 23.4 Å². The zero-order valence-electron chi connectivity index (χ0n) is 18.2. The predicted octanol–water partition coefficient (Wildman–Crippen LogP) is 8.16. The van der Waals surface area contributed by atoms with Gasteiger partial charge in [-0.1, -0.05) is 54.1 Å². The average molecular weight is 511 g/mol. The maximum atomic E-state index is 13.8. The van der Waals surface area contributed by atoms with E-state index in [2.05, 4.69) is 4.98 Å². The van der Waals surface area contributed by atoms with Crippen LogP contribution < -0.4 is 4.74 Å². The molecule has 0 fully saturated rings. The summed E-state index contributed by atoms with van der Waals surface area (Å²) in [5.74, 6) is 0.952. The topological polar surface area (TPSA) is 45.9 Å². The maximum Gasteiger partial charge on any atom is 0.417 e. The maximum absolute atomic E-state index is 13.8. The molecule has 0 unspecified atom stereocenters. The second kappa shape index (κ2) is 10.9. The van der Waals surface area contributed by atoms with Gasteiger partial charge < -0.3 is 4.74 Å². The van der Waals surface area contributed by atoms with Crippen LogP contribution in [0.1, 0.15) is 22.3 Å². The minimum atomic E-state index is -4.69. The van der Waals surface area contributed by atoms with Crippen molar-refractivity contribution in [3.63, 3.8) is 0 Å². The Bertz CT molecular complexity index is 1340. The zero-order chi connectivity index (χ0) is 24.8. The number of aromatic nitrogens is 1. The second-order valence-corrected chi connectivity index (χ2v) is 8.96. The molecule has 0 saturated carbocycles. The third-order valence-electron chi connectivity index (χ3n) is 5.09. The fraction of sp³-hybridized carbons (Fsp3) is 0.111. The Kier molecular flexibility index (Phi) is 7.64. The summed E-state index contributed by atoms with van der Waals surface area (Å²) in [7, 11) is 0. The Morgan fingerprint density at radius 2 is 1.60 bits per heavy atom. The van der Waals surface area contributed by atoms with Crippen LogP contribution in [-0.4, -0.2) is 4.98 Å². The molecular weight excluding hydrogens is 493 g/mol. The summed E-state index contributed by atoms with van der Waals surface area (Å²) in [6.45, 7) is 0.324. The molecule has 1 aromatic heterocycles. The molecule has 0 aliphatic carbocycles. The van der Waals surface area contributed by atoms with Crippen molar-refractivity contribution in [3.8, 4) is 23.1 Å². The Morgan fingerprint density at radius 3 is 2.23 bits per heavy atom. The summed E-state index contributed by atoms with van der Waals surface area (Å²) >= 11 is 6.99. The Labute approximate surface area is 210 Å². The molecule has 0 saturated heterocycles. The molecule has 35 heavy (non-hydrogen) atoms. The summed E-state index contributed by atoms with van der Waals surface area (Å²) in [4.78, 5) is 4.42. The van der Waals surface area contributed by atoms with E-state index in [4.69, 9.17) is 16.3 Å². The van der Waals surface area contributed by atoms with Crippen molar-refractivity contribution in [2.75, 3.05) is 0 Å². The van der Waals surface area contributed by atoms with Crippen molar-refractivity contribution in [1.82, 2.24) is 4.98 Å². The Hall–Kier alpha value is -3.47. The number of hydrogen-bond acceptors (Lipinski definition) is 4. The first-order valence-electron chi connectivity index (χ1n) is 10.5. The van der Waals surface area contributed by atoms with Crippen molar-refractivity contribution in [3.05, 3.63) is 112 Å². The number of benzene rings is 3. The van der Waals surface area contributed by atoms with Crippen molar-refractivity contribution in [2.45, 2.75) is 23.6 Å². The van der Waals surface area contributed by atoms with Gasteiger partial charge in [0.25, 0.3) is 0 Å². The van der Waals surface area contributed by atoms with Crippen LogP contribution in [-0.2, 0) is 18.5 Å². The van der Waals surface area contributed by atoms with Gasteiger partial charge in [0.15, 0.2) is 0 Å². The van der Waals surface area contributed by atoms with Crippen molar-refractivity contribution < 1.29 is 17.9 Å². The van der Waals surface area contributed by atoms with Gasteiger partial charge in [-0.2, -0.15) is 18.4 Å². The van der Waals surface area contributed by atoms with E-state index in [1.165, 1.54) is 0 Å². The van der Waals surface area contributed by atoms with Crippen LogP contribution in [0.5, 0.6) is 5.75 Å². The van der Waals surface area contributed by atoms with Gasteiger partial charge in [0, 0.05) is 16.3 Å². The molecule has 0 radical (unpaired) electrons. The molecule has 0 atom stereocenters. The fourth-order valence-electron chi connectivity index (χ4n) is 3.30. The van der Waals surface area contributed by atoms with Crippen molar-refractivity contribution in [2.24, 2.45) is 0 Å². The van der Waals surface area contributed by atoms with Crippen LogP contribution in [0.4, 0.5) is 13.2 Å². The molecule has 0 bridgehead atoms. The molecule has 4 aromatic rings. The van der Waals surface area contributed by atoms with Crippen LogP contribution in [0.25, 0.3) is 11.3 Å². The summed E-state index contributed by atoms with van der Waals surface area (Å²) < 4.78 is 47.2. The van der Waals surface area contributed by atoms with E-state index < -0.39 is 17.3 Å². The highest BCUT2D eigenvalue weighted by Gasteiger charge is 2.36. The highest BCUT2D eigenvalue weighted by molar-refractivity contribution is 7.98. The summed E-state index contributed by atoms with van der Waals surface area (Å²) in [5, 5.41) is 10.2. The minimum Gasteiger partial charge on any atom is -0.489 e. The van der Waals surface area contributed by atoms with Crippen LogP contribution in [0, 0.1) is 11.3 Å². The lowest BCUT2D eigenvalue weighted by Crippen LogP contribution is -2.10. The number of pyridine rings is 1. The standard InChI is InChI=1S/C27H18ClF3N2OS/c28-21-10-6-18(7-11-21)16-34-22-12-8-20(9-13-22)25-14-24(27(29,30)31)23(15-32)26(33-25)35-17-19-4-2-1-3-5-19/h1-14H,16-17H2. The quantitative estimate of drug-likeness (QED) is 0.235. The number of nitrogens with zero attached hydrogens (tertiary/aromatic N) is 2. The molecule has 176 valence electrons. The minimum absolute atomic E-state index is 0.0456. The molecule has 0 N–H and O–H groups in total. The van der Waals surface area contributed by atoms with Gasteiger partial charge in [0.1, 0.15) is 23.5 Å². The molecule has 0 aliphatic heterocycles. The van der Waals surface area contributed by atoms with Crippen LogP contribution in [0.3, 0.4) is 0 Å². The van der Waals surface area contributed by atoms with Crippen LogP contribution in [0.15, 0.2) is 90.0 Å². The number of nitriles is 1. The summed E-state index contributed by atoms with van der Waals surface area (Å²) in [6.07, 6.45) is -4.69. The monoisotopic (exact) mass is 510 g/mol. The number of hydrogen-bond donors (Lipinski definition) is 0. The lowest BCUT2D eigenvalue weighted by molar-refractivity contribution is -0.138. The molecule has 0 amide bonds. The highest BCUT2D eigenvalue weighted by atomic mass is 35.5. The molecule has 4 rings (SSSR count). The van der Waals surface area contributed by atoms with E-state index in [9.17, 15) is 18.4 Å². The average Bonchev–Trinajstić information content (AvgIpc) is 2.87. The van der Waals surface area contributed by atoms with Gasteiger partial charge in [-0.25, -0.2) is 4.98 Å². The lowest BCUT2D eigenvalue weighted by atomic mass is 10.1. The fourth-order valence-corrected chi connectivity index (χ4v) is 4.39. The summed E-state index contributed by atoms with van der Waals surface area (Å²) in [6, 6.07) is 25.8. The number of alkyl halides is 3. The number of ether oxygens (including phenoxy) is 1. The van der Waals surface area contributed by atoms with E-state index in [0.29, 0.717) is 28.7 Å². The molecule has 1 heterocycles.